The van der Waals surface area contributed by atoms with Gasteiger partial charge in [0, 0.05) is 19.2 Å². The van der Waals surface area contributed by atoms with Gasteiger partial charge in [0.25, 0.3) is 0 Å². The van der Waals surface area contributed by atoms with Gasteiger partial charge < -0.3 is 0 Å². The van der Waals surface area contributed by atoms with E-state index < -0.39 is 0 Å². The van der Waals surface area contributed by atoms with E-state index in [2.05, 4.69) is 25.8 Å². The maximum atomic E-state index is 14.4. The van der Waals surface area contributed by atoms with Gasteiger partial charge in [-0.3, -0.25) is 9.13 Å². The minimum atomic E-state index is -0.287. The molecule has 0 aliphatic carbocycles. The summed E-state index contributed by atoms with van der Waals surface area (Å²) in [4.78, 5) is 17.2. The summed E-state index contributed by atoms with van der Waals surface area (Å²) in [6.45, 7) is 8.86. The van der Waals surface area contributed by atoms with E-state index in [1.165, 1.54) is 4.57 Å². The Bertz CT molecular complexity index is 993. The van der Waals surface area contributed by atoms with Crippen LogP contribution in [0.5, 0.6) is 0 Å². The van der Waals surface area contributed by atoms with Crippen molar-refractivity contribution in [1.82, 2.24) is 14.1 Å². The van der Waals surface area contributed by atoms with E-state index in [-0.39, 0.29) is 16.9 Å². The number of nitrogens with zero attached hydrogens (tertiary/aromatic N) is 3. The Morgan fingerprint density at radius 3 is 2.48 bits per heavy atom. The summed E-state index contributed by atoms with van der Waals surface area (Å²) >= 11 is 0. The highest BCUT2D eigenvalue weighted by Crippen LogP contribution is 2.25. The third kappa shape index (κ3) is 3.23. The third-order valence-corrected chi connectivity index (χ3v) is 4.33. The van der Waals surface area contributed by atoms with Crippen LogP contribution in [0.3, 0.4) is 0 Å². The molecule has 0 radical (unpaired) electrons. The van der Waals surface area contributed by atoms with Gasteiger partial charge in [-0.05, 0) is 41.7 Å². The summed E-state index contributed by atoms with van der Waals surface area (Å²) < 4.78 is 17.7. The van der Waals surface area contributed by atoms with Crippen molar-refractivity contribution in [1.29, 1.82) is 0 Å². The van der Waals surface area contributed by atoms with Crippen LogP contribution in [0.2, 0.25) is 0 Å². The first-order valence-corrected chi connectivity index (χ1v) is 8.56. The van der Waals surface area contributed by atoms with Crippen LogP contribution in [0.15, 0.2) is 35.1 Å². The number of rotatable bonds is 3. The lowest BCUT2D eigenvalue weighted by Crippen LogP contribution is -2.27. The number of halogens is 1. The minimum Gasteiger partial charge on any atom is -0.290 e. The Labute approximate surface area is 146 Å². The fraction of sp³-hybridized carbons (Fsp3) is 0.400. The second-order valence-electron chi connectivity index (χ2n) is 7.70. The van der Waals surface area contributed by atoms with Gasteiger partial charge in [-0.25, -0.2) is 14.2 Å². The SMILES string of the molecule is CCc1ccc(-c2ccc3c(n2)n(C)c(=O)n3CC(C)(C)C)c(F)c1. The molecule has 0 spiro atoms. The molecular formula is C20H24FN3O. The van der Waals surface area contributed by atoms with Crippen molar-refractivity contribution in [2.75, 3.05) is 0 Å². The van der Waals surface area contributed by atoms with Crippen LogP contribution in [0.1, 0.15) is 33.3 Å². The van der Waals surface area contributed by atoms with Crippen molar-refractivity contribution in [3.63, 3.8) is 0 Å². The highest BCUT2D eigenvalue weighted by molar-refractivity contribution is 5.76. The van der Waals surface area contributed by atoms with Gasteiger partial charge in [-0.15, -0.1) is 0 Å². The zero-order valence-electron chi connectivity index (χ0n) is 15.4. The van der Waals surface area contributed by atoms with E-state index in [1.54, 1.807) is 29.8 Å². The van der Waals surface area contributed by atoms with Crippen LogP contribution in [0.25, 0.3) is 22.4 Å². The number of benzene rings is 1. The monoisotopic (exact) mass is 341 g/mol. The molecule has 4 nitrogen and oxygen atoms in total. The summed E-state index contributed by atoms with van der Waals surface area (Å²) in [6, 6.07) is 8.86. The predicted molar refractivity (Wildman–Crippen MR) is 99.2 cm³/mol. The molecule has 3 rings (SSSR count). The number of fused-ring (bicyclic) bond motifs is 1. The summed E-state index contributed by atoms with van der Waals surface area (Å²) in [7, 11) is 1.71. The maximum Gasteiger partial charge on any atom is 0.330 e. The number of aromatic nitrogens is 3. The van der Waals surface area contributed by atoms with Crippen molar-refractivity contribution in [3.05, 3.63) is 52.2 Å². The topological polar surface area (TPSA) is 39.8 Å². The first-order chi connectivity index (χ1) is 11.7. The maximum absolute atomic E-state index is 14.4. The van der Waals surface area contributed by atoms with Gasteiger partial charge in [-0.1, -0.05) is 33.8 Å². The molecule has 0 aliphatic rings. The molecule has 0 N–H and O–H groups in total. The lowest BCUT2D eigenvalue weighted by atomic mass is 9.97. The Morgan fingerprint density at radius 2 is 1.88 bits per heavy atom. The number of aryl methyl sites for hydroxylation is 2. The van der Waals surface area contributed by atoms with E-state index in [0.717, 1.165) is 17.5 Å². The molecule has 3 aromatic rings. The fourth-order valence-corrected chi connectivity index (χ4v) is 3.04. The fourth-order valence-electron chi connectivity index (χ4n) is 3.04. The van der Waals surface area contributed by atoms with Crippen LogP contribution in [0, 0.1) is 11.2 Å². The Balaban J connectivity index is 2.16. The van der Waals surface area contributed by atoms with Gasteiger partial charge >= 0.3 is 5.69 Å². The van der Waals surface area contributed by atoms with E-state index >= 15 is 0 Å². The summed E-state index contributed by atoms with van der Waals surface area (Å²) in [5, 5.41) is 0. The summed E-state index contributed by atoms with van der Waals surface area (Å²) in [5.74, 6) is -0.287. The molecule has 5 heteroatoms. The highest BCUT2D eigenvalue weighted by atomic mass is 19.1. The van der Waals surface area contributed by atoms with Crippen LogP contribution in [-0.4, -0.2) is 14.1 Å². The minimum absolute atomic E-state index is 0.0289. The zero-order valence-corrected chi connectivity index (χ0v) is 15.4. The molecule has 0 bridgehead atoms. The van der Waals surface area contributed by atoms with Crippen LogP contribution in [0.4, 0.5) is 4.39 Å². The van der Waals surface area contributed by atoms with E-state index in [4.69, 9.17) is 0 Å². The van der Waals surface area contributed by atoms with Gasteiger partial charge in [0.2, 0.25) is 0 Å². The molecule has 2 heterocycles. The van der Waals surface area contributed by atoms with Gasteiger partial charge in [-0.2, -0.15) is 0 Å². The Morgan fingerprint density at radius 1 is 1.16 bits per heavy atom. The molecule has 2 aromatic heterocycles. The van der Waals surface area contributed by atoms with E-state index in [9.17, 15) is 9.18 Å². The van der Waals surface area contributed by atoms with Crippen LogP contribution in [-0.2, 0) is 20.0 Å². The molecule has 0 aliphatic heterocycles. The van der Waals surface area contributed by atoms with Crippen molar-refractivity contribution < 1.29 is 4.39 Å². The van der Waals surface area contributed by atoms with Crippen molar-refractivity contribution >= 4 is 11.2 Å². The van der Waals surface area contributed by atoms with E-state index in [1.807, 2.05) is 19.1 Å². The molecule has 1 aromatic carbocycles. The van der Waals surface area contributed by atoms with Gasteiger partial charge in [0.1, 0.15) is 5.82 Å². The first-order valence-electron chi connectivity index (χ1n) is 8.56. The molecule has 0 atom stereocenters. The summed E-state index contributed by atoms with van der Waals surface area (Å²) in [6.07, 6.45) is 0.786. The highest BCUT2D eigenvalue weighted by Gasteiger charge is 2.19. The quantitative estimate of drug-likeness (QED) is 0.718. The summed E-state index contributed by atoms with van der Waals surface area (Å²) in [5.41, 5.74) is 3.16. The Kier molecular flexibility index (Phi) is 4.27. The molecule has 0 unspecified atom stereocenters. The van der Waals surface area contributed by atoms with E-state index in [0.29, 0.717) is 23.4 Å². The second kappa shape index (κ2) is 6.14. The van der Waals surface area contributed by atoms with Crippen molar-refractivity contribution in [3.8, 4) is 11.3 Å². The average Bonchev–Trinajstić information content (AvgIpc) is 2.78. The first kappa shape index (κ1) is 17.4. The van der Waals surface area contributed by atoms with Crippen LogP contribution >= 0.6 is 0 Å². The largest absolute Gasteiger partial charge is 0.330 e. The Hall–Kier alpha value is -2.43. The number of pyridine rings is 1. The molecular weight excluding hydrogens is 317 g/mol. The molecule has 25 heavy (non-hydrogen) atoms. The second-order valence-corrected chi connectivity index (χ2v) is 7.70. The number of imidazole rings is 1. The standard InChI is InChI=1S/C20H24FN3O/c1-6-13-7-8-14(15(21)11-13)16-9-10-17-18(22-16)23(5)19(25)24(17)12-20(2,3)4/h7-11H,6,12H2,1-5H3. The van der Waals surface area contributed by atoms with Crippen molar-refractivity contribution in [2.24, 2.45) is 12.5 Å². The van der Waals surface area contributed by atoms with Crippen molar-refractivity contribution in [2.45, 2.75) is 40.7 Å². The van der Waals surface area contributed by atoms with Gasteiger partial charge in [0.05, 0.1) is 11.2 Å². The van der Waals surface area contributed by atoms with Crippen LogP contribution < -0.4 is 5.69 Å². The molecule has 0 amide bonds. The van der Waals surface area contributed by atoms with Gasteiger partial charge in [0.15, 0.2) is 5.65 Å². The molecule has 132 valence electrons. The average molecular weight is 341 g/mol. The smallest absolute Gasteiger partial charge is 0.290 e. The molecule has 0 saturated heterocycles. The number of hydrogen-bond donors (Lipinski definition) is 0. The zero-order chi connectivity index (χ0) is 18.4. The lowest BCUT2D eigenvalue weighted by molar-refractivity contribution is 0.342. The lowest BCUT2D eigenvalue weighted by Gasteiger charge is -2.18. The predicted octanol–water partition coefficient (Wildman–Crippen LogP) is 4.15. The molecule has 0 saturated carbocycles. The normalized spacial score (nSPS) is 12.1. The number of hydrogen-bond acceptors (Lipinski definition) is 2. The molecule has 0 fully saturated rings. The third-order valence-electron chi connectivity index (χ3n) is 4.33.